The number of sulfonamides is 1. The molecule has 10 heteroatoms. The van der Waals surface area contributed by atoms with E-state index in [0.717, 1.165) is 11.3 Å². The molecule has 140 valence electrons. The molecule has 0 radical (unpaired) electrons. The second-order valence-corrected chi connectivity index (χ2v) is 7.96. The van der Waals surface area contributed by atoms with Crippen LogP contribution in [0.25, 0.3) is 0 Å². The molecule has 0 aliphatic rings. The minimum atomic E-state index is -3.85. The minimum Gasteiger partial charge on any atom is -0.497 e. The Hall–Kier alpha value is -2.17. The lowest BCUT2D eigenvalue weighted by Gasteiger charge is -2.09. The average Bonchev–Trinajstić information content (AvgIpc) is 2.62. The standard InChI is InChI=1S/C16H19BrN4O4S/c1-25-13-4-2-11(3-5-13)9-19-15(22)6-7-21-26(23,24)14-8-12(17)10-20-16(14)18/h2-5,8,10,21H,6-7,9H2,1H3,(H2,18,20)(H,19,22). The quantitative estimate of drug-likeness (QED) is 0.567. The van der Waals surface area contributed by atoms with Crippen LogP contribution in [0.2, 0.25) is 0 Å². The van der Waals surface area contributed by atoms with Gasteiger partial charge in [0.1, 0.15) is 16.5 Å². The van der Waals surface area contributed by atoms with Crippen molar-refractivity contribution in [1.29, 1.82) is 0 Å². The summed E-state index contributed by atoms with van der Waals surface area (Å²) in [7, 11) is -2.27. The fourth-order valence-corrected chi connectivity index (χ4v) is 3.67. The maximum Gasteiger partial charge on any atom is 0.244 e. The van der Waals surface area contributed by atoms with Gasteiger partial charge in [-0.2, -0.15) is 0 Å². The number of nitrogens with two attached hydrogens (primary N) is 1. The van der Waals surface area contributed by atoms with E-state index in [-0.39, 0.29) is 29.6 Å². The molecule has 0 aliphatic heterocycles. The van der Waals surface area contributed by atoms with E-state index in [9.17, 15) is 13.2 Å². The van der Waals surface area contributed by atoms with Gasteiger partial charge >= 0.3 is 0 Å². The third-order valence-electron chi connectivity index (χ3n) is 3.43. The second-order valence-electron chi connectivity index (χ2n) is 5.31. The van der Waals surface area contributed by atoms with E-state index < -0.39 is 10.0 Å². The molecular weight excluding hydrogens is 424 g/mol. The molecule has 0 spiro atoms. The van der Waals surface area contributed by atoms with Crippen LogP contribution in [0, 0.1) is 0 Å². The number of nitrogen functional groups attached to an aromatic ring is 1. The van der Waals surface area contributed by atoms with Gasteiger partial charge in [0.15, 0.2) is 0 Å². The highest BCUT2D eigenvalue weighted by atomic mass is 79.9. The van der Waals surface area contributed by atoms with Gasteiger partial charge in [0.25, 0.3) is 0 Å². The van der Waals surface area contributed by atoms with Gasteiger partial charge in [0.05, 0.1) is 7.11 Å². The molecule has 0 aliphatic carbocycles. The topological polar surface area (TPSA) is 123 Å². The summed E-state index contributed by atoms with van der Waals surface area (Å²) in [6.45, 7) is 0.292. The number of hydrogen-bond acceptors (Lipinski definition) is 6. The lowest BCUT2D eigenvalue weighted by molar-refractivity contribution is -0.121. The summed E-state index contributed by atoms with van der Waals surface area (Å²) in [5.74, 6) is 0.351. The molecule has 1 aromatic heterocycles. The SMILES string of the molecule is COc1ccc(CNC(=O)CCNS(=O)(=O)c2cc(Br)cnc2N)cc1. The number of nitrogens with zero attached hydrogens (tertiary/aromatic N) is 1. The number of pyridine rings is 1. The molecule has 0 saturated heterocycles. The van der Waals surface area contributed by atoms with Crippen LogP contribution in [-0.4, -0.2) is 33.0 Å². The van der Waals surface area contributed by atoms with Gasteiger partial charge in [-0.25, -0.2) is 18.1 Å². The van der Waals surface area contributed by atoms with Gasteiger partial charge in [-0.3, -0.25) is 4.79 Å². The van der Waals surface area contributed by atoms with Gasteiger partial charge in [-0.05, 0) is 39.7 Å². The fourth-order valence-electron chi connectivity index (χ4n) is 2.06. The Morgan fingerprint density at radius 3 is 2.65 bits per heavy atom. The molecule has 1 amide bonds. The highest BCUT2D eigenvalue weighted by Crippen LogP contribution is 2.20. The van der Waals surface area contributed by atoms with E-state index in [2.05, 4.69) is 31.0 Å². The first kappa shape index (κ1) is 20.1. The maximum absolute atomic E-state index is 12.2. The molecule has 0 saturated carbocycles. The Balaban J connectivity index is 1.82. The van der Waals surface area contributed by atoms with E-state index >= 15 is 0 Å². The number of ether oxygens (including phenoxy) is 1. The Labute approximate surface area is 160 Å². The number of anilines is 1. The molecule has 0 atom stereocenters. The first-order chi connectivity index (χ1) is 12.3. The molecule has 2 aromatic rings. The summed E-state index contributed by atoms with van der Waals surface area (Å²) in [6, 6.07) is 8.63. The predicted octanol–water partition coefficient (Wildman–Crippen LogP) is 1.42. The zero-order valence-electron chi connectivity index (χ0n) is 14.0. The number of halogens is 1. The van der Waals surface area contributed by atoms with E-state index in [0.29, 0.717) is 11.0 Å². The van der Waals surface area contributed by atoms with Crippen LogP contribution in [-0.2, 0) is 21.4 Å². The maximum atomic E-state index is 12.2. The van der Waals surface area contributed by atoms with Crippen LogP contribution in [0.1, 0.15) is 12.0 Å². The van der Waals surface area contributed by atoms with Crippen molar-refractivity contribution >= 4 is 37.7 Å². The molecule has 1 heterocycles. The molecule has 0 unspecified atom stereocenters. The van der Waals surface area contributed by atoms with Gasteiger partial charge in [-0.15, -0.1) is 0 Å². The lowest BCUT2D eigenvalue weighted by atomic mass is 10.2. The number of hydrogen-bond donors (Lipinski definition) is 3. The van der Waals surface area contributed by atoms with Crippen molar-refractivity contribution < 1.29 is 17.9 Å². The predicted molar refractivity (Wildman–Crippen MR) is 101 cm³/mol. The van der Waals surface area contributed by atoms with Gasteiger partial charge < -0.3 is 15.8 Å². The van der Waals surface area contributed by atoms with Crippen LogP contribution >= 0.6 is 15.9 Å². The summed E-state index contributed by atoms with van der Waals surface area (Å²) in [4.78, 5) is 15.5. The number of nitrogens with one attached hydrogen (secondary N) is 2. The minimum absolute atomic E-state index is 0.00325. The van der Waals surface area contributed by atoms with Crippen molar-refractivity contribution in [2.75, 3.05) is 19.4 Å². The average molecular weight is 443 g/mol. The summed E-state index contributed by atoms with van der Waals surface area (Å²) >= 11 is 3.15. The first-order valence-electron chi connectivity index (χ1n) is 7.62. The highest BCUT2D eigenvalue weighted by molar-refractivity contribution is 9.10. The summed E-state index contributed by atoms with van der Waals surface area (Å²) < 4.78 is 32.4. The van der Waals surface area contributed by atoms with Crippen molar-refractivity contribution in [3.8, 4) is 5.75 Å². The number of amides is 1. The first-order valence-corrected chi connectivity index (χ1v) is 9.90. The van der Waals surface area contributed by atoms with Crippen molar-refractivity contribution in [3.63, 3.8) is 0 Å². The highest BCUT2D eigenvalue weighted by Gasteiger charge is 2.18. The molecule has 8 nitrogen and oxygen atoms in total. The number of benzene rings is 1. The Morgan fingerprint density at radius 1 is 1.31 bits per heavy atom. The van der Waals surface area contributed by atoms with Crippen LogP contribution in [0.5, 0.6) is 5.75 Å². The number of carbonyl (C=O) groups is 1. The molecular formula is C16H19BrN4O4S. The van der Waals surface area contributed by atoms with Crippen molar-refractivity contribution in [1.82, 2.24) is 15.0 Å². The monoisotopic (exact) mass is 442 g/mol. The van der Waals surface area contributed by atoms with E-state index in [1.807, 2.05) is 12.1 Å². The number of aromatic nitrogens is 1. The molecule has 0 fully saturated rings. The second kappa shape index (κ2) is 8.97. The normalized spacial score (nSPS) is 11.2. The zero-order valence-corrected chi connectivity index (χ0v) is 16.4. The molecule has 2 rings (SSSR count). The van der Waals surface area contributed by atoms with Crippen molar-refractivity contribution in [2.45, 2.75) is 17.9 Å². The van der Waals surface area contributed by atoms with E-state index in [4.69, 9.17) is 10.5 Å². The molecule has 1 aromatic carbocycles. The van der Waals surface area contributed by atoms with Crippen molar-refractivity contribution in [3.05, 3.63) is 46.6 Å². The summed E-state index contributed by atoms with van der Waals surface area (Å²) in [5, 5.41) is 2.72. The van der Waals surface area contributed by atoms with E-state index in [1.165, 1.54) is 12.3 Å². The Kier molecular flexibility index (Phi) is 6.95. The Morgan fingerprint density at radius 2 is 2.00 bits per heavy atom. The van der Waals surface area contributed by atoms with Gasteiger partial charge in [0.2, 0.25) is 15.9 Å². The Bertz CT molecular complexity index is 872. The van der Waals surface area contributed by atoms with Gasteiger partial charge in [0, 0.05) is 30.2 Å². The van der Waals surface area contributed by atoms with Gasteiger partial charge in [-0.1, -0.05) is 12.1 Å². The molecule has 0 bridgehead atoms. The number of methoxy groups -OCH3 is 1. The van der Waals surface area contributed by atoms with Crippen LogP contribution < -0.4 is 20.5 Å². The van der Waals surface area contributed by atoms with Crippen LogP contribution in [0.4, 0.5) is 5.82 Å². The zero-order chi connectivity index (χ0) is 19.2. The summed E-state index contributed by atoms with van der Waals surface area (Å²) in [6.07, 6.45) is 1.40. The largest absolute Gasteiger partial charge is 0.497 e. The lowest BCUT2D eigenvalue weighted by Crippen LogP contribution is -2.31. The van der Waals surface area contributed by atoms with Crippen LogP contribution in [0.15, 0.2) is 45.9 Å². The molecule has 26 heavy (non-hydrogen) atoms. The smallest absolute Gasteiger partial charge is 0.244 e. The number of carbonyl (C=O) groups excluding carboxylic acids is 1. The summed E-state index contributed by atoms with van der Waals surface area (Å²) in [5.41, 5.74) is 6.51. The molecule has 4 N–H and O–H groups in total. The fraction of sp³-hybridized carbons (Fsp3) is 0.250. The van der Waals surface area contributed by atoms with E-state index in [1.54, 1.807) is 19.2 Å². The van der Waals surface area contributed by atoms with Crippen molar-refractivity contribution in [2.24, 2.45) is 0 Å². The van der Waals surface area contributed by atoms with Crippen LogP contribution in [0.3, 0.4) is 0 Å². The third kappa shape index (κ3) is 5.68. The number of rotatable bonds is 8. The third-order valence-corrected chi connectivity index (χ3v) is 5.35.